The quantitative estimate of drug-likeness (QED) is 0.651. The second-order valence-corrected chi connectivity index (χ2v) is 4.33. The first-order valence-corrected chi connectivity index (χ1v) is 5.18. The number of nitrogens with zero attached hydrogens (tertiary/aromatic N) is 2. The molecule has 0 amide bonds. The fraction of sp³-hybridized carbons (Fsp3) is 1.00. The van der Waals surface area contributed by atoms with E-state index in [-0.39, 0.29) is 6.61 Å². The minimum Gasteiger partial charge on any atom is -0.395 e. The second kappa shape index (κ2) is 5.66. The van der Waals surface area contributed by atoms with Crippen LogP contribution in [0.4, 0.5) is 0 Å². The van der Waals surface area contributed by atoms with Gasteiger partial charge in [-0.15, -0.1) is 0 Å². The molecular weight excluding hydrogens is 180 g/mol. The number of aliphatic hydroxyl groups excluding tert-OH is 1. The molecule has 0 radical (unpaired) electrons. The maximum Gasteiger partial charge on any atom is 0.0625 e. The first-order chi connectivity index (χ1) is 6.65. The minimum atomic E-state index is 0.224. The van der Waals surface area contributed by atoms with Crippen molar-refractivity contribution in [3.8, 4) is 0 Å². The van der Waals surface area contributed by atoms with E-state index in [0.717, 1.165) is 26.3 Å². The average molecular weight is 202 g/mol. The van der Waals surface area contributed by atoms with Crippen LogP contribution in [0.5, 0.6) is 0 Å². The molecule has 84 valence electrons. The van der Waals surface area contributed by atoms with E-state index < -0.39 is 0 Å². The summed E-state index contributed by atoms with van der Waals surface area (Å²) in [5.41, 5.74) is 0. The molecule has 0 bridgehead atoms. The van der Waals surface area contributed by atoms with Crippen molar-refractivity contribution in [1.29, 1.82) is 0 Å². The SMILES string of the molecule is CN(C)CC1COCC1N(C)CCO. The molecule has 1 saturated heterocycles. The summed E-state index contributed by atoms with van der Waals surface area (Å²) in [6.07, 6.45) is 0. The Labute approximate surface area is 86.4 Å². The lowest BCUT2D eigenvalue weighted by Gasteiger charge is -2.28. The molecule has 0 spiro atoms. The smallest absolute Gasteiger partial charge is 0.0625 e. The van der Waals surface area contributed by atoms with Gasteiger partial charge < -0.3 is 14.7 Å². The van der Waals surface area contributed by atoms with Gasteiger partial charge in [0.25, 0.3) is 0 Å². The third-order valence-corrected chi connectivity index (χ3v) is 2.78. The summed E-state index contributed by atoms with van der Waals surface area (Å²) in [6, 6.07) is 0.463. The van der Waals surface area contributed by atoms with Crippen LogP contribution in [0.1, 0.15) is 0 Å². The summed E-state index contributed by atoms with van der Waals surface area (Å²) in [5, 5.41) is 8.87. The molecule has 0 aromatic rings. The van der Waals surface area contributed by atoms with E-state index in [0.29, 0.717) is 12.0 Å². The van der Waals surface area contributed by atoms with Crippen molar-refractivity contribution < 1.29 is 9.84 Å². The normalized spacial score (nSPS) is 27.9. The number of hydrogen-bond donors (Lipinski definition) is 1. The van der Waals surface area contributed by atoms with Gasteiger partial charge in [-0.2, -0.15) is 0 Å². The lowest BCUT2D eigenvalue weighted by molar-refractivity contribution is 0.137. The van der Waals surface area contributed by atoms with Crippen molar-refractivity contribution in [2.24, 2.45) is 5.92 Å². The minimum absolute atomic E-state index is 0.224. The Hall–Kier alpha value is -0.160. The first-order valence-electron chi connectivity index (χ1n) is 5.18. The third kappa shape index (κ3) is 3.20. The second-order valence-electron chi connectivity index (χ2n) is 4.33. The summed E-state index contributed by atoms with van der Waals surface area (Å²) in [4.78, 5) is 4.39. The molecule has 0 aromatic carbocycles. The van der Waals surface area contributed by atoms with Gasteiger partial charge in [0.05, 0.1) is 19.8 Å². The van der Waals surface area contributed by atoms with Crippen molar-refractivity contribution in [2.75, 3.05) is 54.1 Å². The maximum atomic E-state index is 8.87. The molecule has 2 atom stereocenters. The zero-order chi connectivity index (χ0) is 10.6. The van der Waals surface area contributed by atoms with Crippen LogP contribution in [0, 0.1) is 5.92 Å². The van der Waals surface area contributed by atoms with Crippen molar-refractivity contribution in [3.63, 3.8) is 0 Å². The molecule has 0 aromatic heterocycles. The molecular formula is C10H22N2O2. The van der Waals surface area contributed by atoms with Gasteiger partial charge in [-0.25, -0.2) is 0 Å². The van der Waals surface area contributed by atoms with Crippen LogP contribution in [-0.4, -0.2) is 75.0 Å². The molecule has 1 rings (SSSR count). The van der Waals surface area contributed by atoms with Crippen molar-refractivity contribution in [2.45, 2.75) is 6.04 Å². The standard InChI is InChI=1S/C10H22N2O2/c1-11(2)6-9-7-14-8-10(9)12(3)4-5-13/h9-10,13H,4-8H2,1-3H3. The molecule has 0 saturated carbocycles. The first kappa shape index (κ1) is 11.9. The Bertz CT molecular complexity index is 164. The van der Waals surface area contributed by atoms with Crippen molar-refractivity contribution >= 4 is 0 Å². The lowest BCUT2D eigenvalue weighted by Crippen LogP contribution is -2.42. The fourth-order valence-electron chi connectivity index (χ4n) is 2.04. The van der Waals surface area contributed by atoms with E-state index in [2.05, 4.69) is 30.9 Å². The van der Waals surface area contributed by atoms with Crippen LogP contribution in [0.15, 0.2) is 0 Å². The molecule has 14 heavy (non-hydrogen) atoms. The van der Waals surface area contributed by atoms with Crippen LogP contribution < -0.4 is 0 Å². The summed E-state index contributed by atoms with van der Waals surface area (Å²) in [7, 11) is 6.22. The zero-order valence-corrected chi connectivity index (χ0v) is 9.44. The van der Waals surface area contributed by atoms with Crippen LogP contribution in [0.3, 0.4) is 0 Å². The van der Waals surface area contributed by atoms with Gasteiger partial charge in [-0.05, 0) is 21.1 Å². The Morgan fingerprint density at radius 2 is 2.00 bits per heavy atom. The molecule has 4 heteroatoms. The Kier molecular flexibility index (Phi) is 4.81. The summed E-state index contributed by atoms with van der Waals surface area (Å²) in [6.45, 7) is 3.66. The summed E-state index contributed by atoms with van der Waals surface area (Å²) in [5.74, 6) is 0.571. The fourth-order valence-corrected chi connectivity index (χ4v) is 2.04. The van der Waals surface area contributed by atoms with Gasteiger partial charge in [0.2, 0.25) is 0 Å². The number of hydrogen-bond acceptors (Lipinski definition) is 4. The van der Waals surface area contributed by atoms with E-state index >= 15 is 0 Å². The van der Waals surface area contributed by atoms with Gasteiger partial charge in [-0.1, -0.05) is 0 Å². The van der Waals surface area contributed by atoms with E-state index in [4.69, 9.17) is 9.84 Å². The molecule has 2 unspecified atom stereocenters. The van der Waals surface area contributed by atoms with E-state index in [1.165, 1.54) is 0 Å². The van der Waals surface area contributed by atoms with Crippen LogP contribution >= 0.6 is 0 Å². The van der Waals surface area contributed by atoms with Crippen molar-refractivity contribution in [1.82, 2.24) is 9.80 Å². The predicted molar refractivity (Wildman–Crippen MR) is 56.4 cm³/mol. The summed E-state index contributed by atoms with van der Waals surface area (Å²) < 4.78 is 5.49. The molecule has 4 nitrogen and oxygen atoms in total. The molecule has 1 heterocycles. The number of ether oxygens (including phenoxy) is 1. The number of aliphatic hydroxyl groups is 1. The highest BCUT2D eigenvalue weighted by Gasteiger charge is 2.31. The Morgan fingerprint density at radius 1 is 1.29 bits per heavy atom. The van der Waals surface area contributed by atoms with Gasteiger partial charge >= 0.3 is 0 Å². The van der Waals surface area contributed by atoms with E-state index in [1.54, 1.807) is 0 Å². The van der Waals surface area contributed by atoms with Gasteiger partial charge in [0.15, 0.2) is 0 Å². The topological polar surface area (TPSA) is 35.9 Å². The summed E-state index contributed by atoms with van der Waals surface area (Å²) >= 11 is 0. The Balaban J connectivity index is 2.41. The number of rotatable bonds is 5. The van der Waals surface area contributed by atoms with Gasteiger partial charge in [0, 0.05) is 25.0 Å². The largest absolute Gasteiger partial charge is 0.395 e. The Morgan fingerprint density at radius 3 is 2.57 bits per heavy atom. The highest BCUT2D eigenvalue weighted by Crippen LogP contribution is 2.18. The van der Waals surface area contributed by atoms with E-state index in [1.807, 2.05) is 0 Å². The van der Waals surface area contributed by atoms with Gasteiger partial charge in [0.1, 0.15) is 0 Å². The predicted octanol–water partition coefficient (Wildman–Crippen LogP) is -0.513. The van der Waals surface area contributed by atoms with E-state index in [9.17, 15) is 0 Å². The van der Waals surface area contributed by atoms with Crippen LogP contribution in [0.25, 0.3) is 0 Å². The molecule has 1 aliphatic rings. The zero-order valence-electron chi connectivity index (χ0n) is 9.44. The maximum absolute atomic E-state index is 8.87. The lowest BCUT2D eigenvalue weighted by atomic mass is 10.0. The highest BCUT2D eigenvalue weighted by molar-refractivity contribution is 4.83. The highest BCUT2D eigenvalue weighted by atomic mass is 16.5. The van der Waals surface area contributed by atoms with Crippen LogP contribution in [0.2, 0.25) is 0 Å². The monoisotopic (exact) mass is 202 g/mol. The van der Waals surface area contributed by atoms with Crippen LogP contribution in [-0.2, 0) is 4.74 Å². The number of likely N-dealkylation sites (N-methyl/N-ethyl adjacent to an activating group) is 1. The average Bonchev–Trinajstić information content (AvgIpc) is 2.51. The third-order valence-electron chi connectivity index (χ3n) is 2.78. The van der Waals surface area contributed by atoms with Crippen molar-refractivity contribution in [3.05, 3.63) is 0 Å². The molecule has 1 aliphatic heterocycles. The molecule has 0 aliphatic carbocycles. The molecule has 1 fully saturated rings. The van der Waals surface area contributed by atoms with Gasteiger partial charge in [-0.3, -0.25) is 4.90 Å². The molecule has 1 N–H and O–H groups in total.